The summed E-state index contributed by atoms with van der Waals surface area (Å²) in [4.78, 5) is 58.8. The van der Waals surface area contributed by atoms with E-state index in [9.17, 15) is 43.5 Å². The van der Waals surface area contributed by atoms with Crippen LogP contribution in [0.4, 0.5) is 0 Å². The second-order valence-electron chi connectivity index (χ2n) is 28.6. The van der Waals surface area contributed by atoms with E-state index in [0.29, 0.717) is 19.3 Å². The van der Waals surface area contributed by atoms with Crippen LogP contribution in [-0.4, -0.2) is 95.9 Å². The molecule has 0 aliphatic carbocycles. The fourth-order valence-corrected chi connectivity index (χ4v) is 13.0. The van der Waals surface area contributed by atoms with Gasteiger partial charge in [-0.1, -0.05) is 339 Å². The second-order valence-corrected chi connectivity index (χ2v) is 31.5. The molecule has 0 aliphatic rings. The molecule has 111 heavy (non-hydrogen) atoms. The summed E-state index contributed by atoms with van der Waals surface area (Å²) in [6.45, 7) is 2.40. The number of aliphatic hydroxyl groups is 2. The zero-order valence-electron chi connectivity index (χ0n) is 69.6. The smallest absolute Gasteiger partial charge is 0.463 e. The van der Waals surface area contributed by atoms with Gasteiger partial charge in [0.25, 0.3) is 0 Å². The average Bonchev–Trinajstić information content (AvgIpc) is 0.902. The monoisotopic (exact) mass is 1590 g/mol. The van der Waals surface area contributed by atoms with Gasteiger partial charge in [-0.15, -0.1) is 0 Å². The number of unbranched alkanes of at least 4 members (excludes halogenated alkanes) is 30. The normalized spacial score (nSPS) is 14.7. The molecule has 0 rings (SSSR count). The van der Waals surface area contributed by atoms with Gasteiger partial charge in [-0.25, -0.2) is 9.13 Å². The van der Waals surface area contributed by atoms with Crippen molar-refractivity contribution in [1.29, 1.82) is 0 Å². The fourth-order valence-electron chi connectivity index (χ4n) is 11.4. The van der Waals surface area contributed by atoms with Gasteiger partial charge in [-0.05, 0) is 154 Å². The molecule has 0 aromatic carbocycles. The van der Waals surface area contributed by atoms with Crippen molar-refractivity contribution < 1.29 is 75.8 Å². The maximum atomic E-state index is 13.0. The van der Waals surface area contributed by atoms with Gasteiger partial charge >= 0.3 is 33.6 Å². The molecule has 16 nitrogen and oxygen atoms in total. The third kappa shape index (κ3) is 85.6. The van der Waals surface area contributed by atoms with E-state index in [1.54, 1.807) is 0 Å². The number of phosphoric acid groups is 2. The lowest BCUT2D eigenvalue weighted by Gasteiger charge is -2.21. The first-order valence-electron chi connectivity index (χ1n) is 43.4. The molecule has 0 fully saturated rings. The molecule has 0 radical (unpaired) electrons. The fraction of sp³-hybridized carbons (Fsp3) is 0.667. The number of hydrogen-bond acceptors (Lipinski definition) is 14. The topological polar surface area (TPSA) is 231 Å². The standard InChI is InChI=1S/C93H156O16P2/c1-4-7-10-13-16-19-22-25-28-31-34-36-38-39-40-41-42-43-44-45-46-47-49-51-53-55-58-61-64-67-70-73-76-79-91(96)103-82-88(94)83-105-110(99,100)106-84-89(95)85-107-111(101,102)108-87-90(109-93(98)81-78-75-72-69-66-63-60-57-52-33-30-27-24-21-18-15-12-9-6-3)86-104-92(97)80-77-74-71-68-65-62-59-56-54-50-48-37-35-32-29-26-23-20-17-14-11-8-5-2/h8-9,11-12,16-21,25-30,34-37,39-40,50,52,54,57,59,62,88-90,94-95H,4-7,10,13-15,22-24,31-33,38,41-49,51,53,55-56,58,60-61,63-87H2,1-3H3,(H,99,100)(H,101,102)/b11-8-,12-9-,19-16-,20-17-,21-18-,28-25-,29-26-,30-27-,36-34-,37-35-,40-39-,54-50-,57-52-,62-59-. The highest BCUT2D eigenvalue weighted by Gasteiger charge is 2.29. The molecule has 0 aromatic rings. The SMILES string of the molecule is CC/C=C\C/C=C\C/C=C\C/C=C\C/C=C\C/C=C\CCCCCCC(=O)OCC(COP(=O)(O)OCC(O)COP(=O)(O)OCC(O)COC(=O)CCCCCCCCCCCCCCCCCCC/C=C\C/C=C\C/C=C\C/C=C\CCCCC)OC(=O)CCCCCCCC/C=C\C/C=C\C/C=C\C/C=C\CC. The van der Waals surface area contributed by atoms with Gasteiger partial charge in [0.15, 0.2) is 6.10 Å². The first kappa shape index (κ1) is 106. The minimum atomic E-state index is -4.95. The van der Waals surface area contributed by atoms with E-state index in [1.807, 2.05) is 0 Å². The van der Waals surface area contributed by atoms with E-state index >= 15 is 0 Å². The Morgan fingerprint density at radius 3 is 0.757 bits per heavy atom. The van der Waals surface area contributed by atoms with Gasteiger partial charge < -0.3 is 34.2 Å². The van der Waals surface area contributed by atoms with Crippen molar-refractivity contribution in [2.45, 2.75) is 360 Å². The van der Waals surface area contributed by atoms with Crippen molar-refractivity contribution in [3.63, 3.8) is 0 Å². The van der Waals surface area contributed by atoms with Crippen LogP contribution < -0.4 is 0 Å². The Hall–Kier alpha value is -5.09. The Morgan fingerprint density at radius 2 is 0.477 bits per heavy atom. The molecule has 0 saturated heterocycles. The molecule has 5 atom stereocenters. The van der Waals surface area contributed by atoms with Crippen molar-refractivity contribution in [2.75, 3.05) is 39.6 Å². The van der Waals surface area contributed by atoms with Gasteiger partial charge in [0.1, 0.15) is 25.4 Å². The van der Waals surface area contributed by atoms with Crippen molar-refractivity contribution >= 4 is 33.6 Å². The molecule has 634 valence electrons. The van der Waals surface area contributed by atoms with Crippen LogP contribution in [0.5, 0.6) is 0 Å². The zero-order chi connectivity index (χ0) is 80.8. The van der Waals surface area contributed by atoms with E-state index in [1.165, 1.54) is 116 Å². The van der Waals surface area contributed by atoms with Gasteiger partial charge in [-0.2, -0.15) is 0 Å². The minimum absolute atomic E-state index is 0.0764. The minimum Gasteiger partial charge on any atom is -0.463 e. The Kier molecular flexibility index (Phi) is 80.4. The number of ether oxygens (including phenoxy) is 3. The van der Waals surface area contributed by atoms with Crippen molar-refractivity contribution in [1.82, 2.24) is 0 Å². The Labute approximate surface area is 675 Å². The van der Waals surface area contributed by atoms with Crippen LogP contribution in [0.2, 0.25) is 0 Å². The maximum Gasteiger partial charge on any atom is 0.472 e. The van der Waals surface area contributed by atoms with Gasteiger partial charge in [0, 0.05) is 19.3 Å². The van der Waals surface area contributed by atoms with Crippen LogP contribution in [0, 0.1) is 0 Å². The maximum absolute atomic E-state index is 13.0. The number of aliphatic hydroxyl groups excluding tert-OH is 2. The quantitative estimate of drug-likeness (QED) is 0.0146. The van der Waals surface area contributed by atoms with Crippen molar-refractivity contribution in [2.24, 2.45) is 0 Å². The highest BCUT2D eigenvalue weighted by atomic mass is 31.2. The van der Waals surface area contributed by atoms with Crippen molar-refractivity contribution in [3.05, 3.63) is 170 Å². The predicted molar refractivity (Wildman–Crippen MR) is 463 cm³/mol. The highest BCUT2D eigenvalue weighted by Crippen LogP contribution is 2.45. The van der Waals surface area contributed by atoms with Gasteiger partial charge in [-0.3, -0.25) is 32.5 Å². The number of phosphoric ester groups is 2. The molecule has 0 heterocycles. The lowest BCUT2D eigenvalue weighted by atomic mass is 10.0. The first-order valence-corrected chi connectivity index (χ1v) is 46.4. The van der Waals surface area contributed by atoms with Gasteiger partial charge in [0.05, 0.1) is 26.4 Å². The summed E-state index contributed by atoms with van der Waals surface area (Å²) in [6.07, 6.45) is 108. The third-order valence-electron chi connectivity index (χ3n) is 17.9. The van der Waals surface area contributed by atoms with E-state index in [0.717, 1.165) is 167 Å². The summed E-state index contributed by atoms with van der Waals surface area (Å²) >= 11 is 0. The molecular formula is C93H156O16P2. The zero-order valence-corrected chi connectivity index (χ0v) is 71.4. The largest absolute Gasteiger partial charge is 0.472 e. The summed E-state index contributed by atoms with van der Waals surface area (Å²) in [5.74, 6) is -1.62. The number of hydrogen-bond donors (Lipinski definition) is 4. The first-order chi connectivity index (χ1) is 54.2. The number of allylic oxidation sites excluding steroid dienone is 28. The molecule has 0 bridgehead atoms. The van der Waals surface area contributed by atoms with Crippen LogP contribution in [0.15, 0.2) is 170 Å². The molecule has 0 aliphatic heterocycles. The van der Waals surface area contributed by atoms with Crippen LogP contribution in [0.1, 0.15) is 342 Å². The third-order valence-corrected chi connectivity index (χ3v) is 19.8. The molecule has 0 spiro atoms. The van der Waals surface area contributed by atoms with Crippen LogP contribution in [0.3, 0.4) is 0 Å². The van der Waals surface area contributed by atoms with E-state index in [2.05, 4.69) is 191 Å². The molecular weight excluding hydrogens is 1430 g/mol. The molecule has 4 N–H and O–H groups in total. The number of rotatable bonds is 81. The van der Waals surface area contributed by atoms with Crippen LogP contribution in [0.25, 0.3) is 0 Å². The van der Waals surface area contributed by atoms with Crippen LogP contribution >= 0.6 is 15.6 Å². The Balaban J connectivity index is 4.56. The average molecular weight is 1590 g/mol. The Morgan fingerprint density at radius 1 is 0.261 bits per heavy atom. The molecule has 18 heteroatoms. The van der Waals surface area contributed by atoms with Crippen LogP contribution in [-0.2, 0) is 55.8 Å². The Bertz CT molecular complexity index is 2700. The van der Waals surface area contributed by atoms with Gasteiger partial charge in [0.2, 0.25) is 0 Å². The highest BCUT2D eigenvalue weighted by molar-refractivity contribution is 7.47. The number of carbonyl (C=O) groups excluding carboxylic acids is 3. The number of esters is 3. The summed E-state index contributed by atoms with van der Waals surface area (Å²) in [5.41, 5.74) is 0. The summed E-state index contributed by atoms with van der Waals surface area (Å²) < 4.78 is 61.3. The molecule has 5 unspecified atom stereocenters. The lowest BCUT2D eigenvalue weighted by molar-refractivity contribution is -0.161. The predicted octanol–water partition coefficient (Wildman–Crippen LogP) is 26.3. The summed E-state index contributed by atoms with van der Waals surface area (Å²) in [7, 11) is -9.82. The second kappa shape index (κ2) is 84.3. The summed E-state index contributed by atoms with van der Waals surface area (Å²) in [6, 6.07) is 0. The van der Waals surface area contributed by atoms with E-state index in [4.69, 9.17) is 32.3 Å². The summed E-state index contributed by atoms with van der Waals surface area (Å²) in [5, 5.41) is 20.7. The van der Waals surface area contributed by atoms with Crippen molar-refractivity contribution in [3.8, 4) is 0 Å². The molecule has 0 amide bonds. The van der Waals surface area contributed by atoms with E-state index in [-0.39, 0.29) is 19.3 Å². The number of carbonyl (C=O) groups is 3. The molecule has 0 saturated carbocycles. The lowest BCUT2D eigenvalue weighted by Crippen LogP contribution is -2.30. The molecule has 0 aromatic heterocycles. The van der Waals surface area contributed by atoms with E-state index < -0.39 is 91.5 Å².